The van der Waals surface area contributed by atoms with Gasteiger partial charge in [-0.05, 0) is 38.1 Å². The molecular weight excluding hydrogens is 282 g/mol. The molecule has 2 aromatic rings. The van der Waals surface area contributed by atoms with E-state index in [0.717, 1.165) is 30.8 Å². The third-order valence-electron chi connectivity index (χ3n) is 3.81. The number of aryl methyl sites for hydroxylation is 1. The quantitative estimate of drug-likeness (QED) is 0.896. The van der Waals surface area contributed by atoms with E-state index >= 15 is 0 Å². The van der Waals surface area contributed by atoms with Gasteiger partial charge in [0.1, 0.15) is 0 Å². The van der Waals surface area contributed by atoms with Crippen LogP contribution in [0.25, 0.3) is 0 Å². The summed E-state index contributed by atoms with van der Waals surface area (Å²) in [6.07, 6.45) is 0.885. The van der Waals surface area contributed by atoms with Crippen molar-refractivity contribution in [1.29, 1.82) is 0 Å². The molecule has 1 aliphatic rings. The Hall–Kier alpha value is -1.85. The number of nitrogens with two attached hydrogens (primary N) is 1. The summed E-state index contributed by atoms with van der Waals surface area (Å²) in [6.45, 7) is 3.87. The highest BCUT2D eigenvalue weighted by atomic mass is 32.1. The third-order valence-corrected chi connectivity index (χ3v) is 4.86. The highest BCUT2D eigenvalue weighted by Gasteiger charge is 2.25. The summed E-state index contributed by atoms with van der Waals surface area (Å²) >= 11 is 1.54. The van der Waals surface area contributed by atoms with Crippen molar-refractivity contribution in [2.75, 3.05) is 24.6 Å². The van der Waals surface area contributed by atoms with Crippen LogP contribution in [0.3, 0.4) is 0 Å². The highest BCUT2D eigenvalue weighted by molar-refractivity contribution is 7.16. The maximum absolute atomic E-state index is 12.5. The predicted molar refractivity (Wildman–Crippen MR) is 87.9 cm³/mol. The minimum absolute atomic E-state index is 0.0987. The summed E-state index contributed by atoms with van der Waals surface area (Å²) in [5, 5.41) is 3.57. The van der Waals surface area contributed by atoms with E-state index < -0.39 is 0 Å². The van der Waals surface area contributed by atoms with Crippen LogP contribution in [0.4, 0.5) is 10.7 Å². The van der Waals surface area contributed by atoms with Gasteiger partial charge in [-0.25, -0.2) is 0 Å². The molecule has 1 aromatic heterocycles. The summed E-state index contributed by atoms with van der Waals surface area (Å²) in [7, 11) is 2.09. The molecule has 0 radical (unpaired) electrons. The van der Waals surface area contributed by atoms with Crippen LogP contribution in [0.15, 0.2) is 24.3 Å². The molecule has 2 heterocycles. The van der Waals surface area contributed by atoms with E-state index in [9.17, 15) is 4.79 Å². The number of amides is 1. The van der Waals surface area contributed by atoms with Crippen LogP contribution in [0.2, 0.25) is 0 Å². The van der Waals surface area contributed by atoms with Gasteiger partial charge in [-0.15, -0.1) is 11.3 Å². The minimum Gasteiger partial charge on any atom is -0.390 e. The Morgan fingerprint density at radius 2 is 2.05 bits per heavy atom. The lowest BCUT2D eigenvalue weighted by Gasteiger charge is -2.22. The van der Waals surface area contributed by atoms with Crippen molar-refractivity contribution in [3.63, 3.8) is 0 Å². The summed E-state index contributed by atoms with van der Waals surface area (Å²) in [4.78, 5) is 16.0. The lowest BCUT2D eigenvalue weighted by atomic mass is 10.0. The number of fused-ring (bicyclic) bond motifs is 1. The number of carbonyl (C=O) groups excluding carboxylic acids is 1. The van der Waals surface area contributed by atoms with E-state index in [2.05, 4.69) is 17.3 Å². The minimum atomic E-state index is -0.0987. The molecule has 21 heavy (non-hydrogen) atoms. The van der Waals surface area contributed by atoms with Crippen LogP contribution < -0.4 is 11.1 Å². The van der Waals surface area contributed by atoms with Gasteiger partial charge in [0.25, 0.3) is 5.91 Å². The first-order valence-corrected chi connectivity index (χ1v) is 7.83. The summed E-state index contributed by atoms with van der Waals surface area (Å²) in [6, 6.07) is 7.79. The van der Waals surface area contributed by atoms with E-state index in [1.165, 1.54) is 21.8 Å². The second-order valence-corrected chi connectivity index (χ2v) is 6.69. The number of rotatable bonds is 2. The maximum atomic E-state index is 12.5. The number of nitrogens with zero attached hydrogens (tertiary/aromatic N) is 1. The second-order valence-electron chi connectivity index (χ2n) is 5.55. The van der Waals surface area contributed by atoms with Crippen molar-refractivity contribution in [1.82, 2.24) is 4.90 Å². The zero-order valence-electron chi connectivity index (χ0n) is 12.3. The van der Waals surface area contributed by atoms with E-state index in [1.807, 2.05) is 31.2 Å². The summed E-state index contributed by atoms with van der Waals surface area (Å²) in [5.41, 5.74) is 9.85. The van der Waals surface area contributed by atoms with Crippen LogP contribution in [0, 0.1) is 6.92 Å². The average molecular weight is 301 g/mol. The lowest BCUT2D eigenvalue weighted by Crippen LogP contribution is -2.27. The van der Waals surface area contributed by atoms with Crippen molar-refractivity contribution < 1.29 is 4.79 Å². The molecule has 0 bridgehead atoms. The highest BCUT2D eigenvalue weighted by Crippen LogP contribution is 2.35. The standard InChI is InChI=1S/C16H19N3OS/c1-10-3-5-11(6-4-10)18-16(20)14-12-7-8-19(2)9-13(12)21-15(14)17/h3-6H,7-9,17H2,1-2H3,(H,18,20). The molecule has 1 aliphatic heterocycles. The second kappa shape index (κ2) is 5.50. The normalized spacial score (nSPS) is 14.8. The first-order valence-electron chi connectivity index (χ1n) is 7.01. The number of hydrogen-bond acceptors (Lipinski definition) is 4. The molecule has 4 nitrogen and oxygen atoms in total. The van der Waals surface area contributed by atoms with E-state index in [0.29, 0.717) is 10.6 Å². The van der Waals surface area contributed by atoms with Gasteiger partial charge < -0.3 is 16.0 Å². The van der Waals surface area contributed by atoms with E-state index in [1.54, 1.807) is 0 Å². The molecule has 0 fully saturated rings. The molecule has 0 spiro atoms. The molecule has 3 N–H and O–H groups in total. The molecule has 0 saturated carbocycles. The number of benzene rings is 1. The zero-order chi connectivity index (χ0) is 15.0. The van der Waals surface area contributed by atoms with Crippen LogP contribution in [-0.2, 0) is 13.0 Å². The van der Waals surface area contributed by atoms with Gasteiger partial charge in [-0.2, -0.15) is 0 Å². The monoisotopic (exact) mass is 301 g/mol. The number of hydrogen-bond donors (Lipinski definition) is 2. The van der Waals surface area contributed by atoms with Crippen molar-refractivity contribution in [3.8, 4) is 0 Å². The van der Waals surface area contributed by atoms with Gasteiger partial charge in [-0.3, -0.25) is 4.79 Å². The topological polar surface area (TPSA) is 58.4 Å². The Bertz CT molecular complexity index is 676. The largest absolute Gasteiger partial charge is 0.390 e. The molecule has 110 valence electrons. The molecule has 0 unspecified atom stereocenters. The fourth-order valence-corrected chi connectivity index (χ4v) is 3.83. The molecule has 3 rings (SSSR count). The van der Waals surface area contributed by atoms with Gasteiger partial charge in [0.2, 0.25) is 0 Å². The number of nitrogen functional groups attached to an aromatic ring is 1. The number of nitrogens with one attached hydrogen (secondary N) is 1. The number of carbonyl (C=O) groups is 1. The molecule has 5 heteroatoms. The first kappa shape index (κ1) is 14.1. The van der Waals surface area contributed by atoms with Crippen LogP contribution in [0.5, 0.6) is 0 Å². The van der Waals surface area contributed by atoms with Crippen LogP contribution >= 0.6 is 11.3 Å². The Morgan fingerprint density at radius 3 is 2.76 bits per heavy atom. The Kier molecular flexibility index (Phi) is 3.69. The van der Waals surface area contributed by atoms with Crippen molar-refractivity contribution >= 4 is 27.9 Å². The molecule has 0 aliphatic carbocycles. The van der Waals surface area contributed by atoms with Gasteiger partial charge in [0.15, 0.2) is 0 Å². The van der Waals surface area contributed by atoms with E-state index in [-0.39, 0.29) is 5.91 Å². The van der Waals surface area contributed by atoms with Crippen molar-refractivity contribution in [3.05, 3.63) is 45.8 Å². The zero-order valence-corrected chi connectivity index (χ0v) is 13.1. The van der Waals surface area contributed by atoms with Crippen LogP contribution in [0.1, 0.15) is 26.4 Å². The van der Waals surface area contributed by atoms with Gasteiger partial charge in [-0.1, -0.05) is 17.7 Å². The Balaban J connectivity index is 1.86. The number of anilines is 2. The smallest absolute Gasteiger partial charge is 0.258 e. The molecule has 1 amide bonds. The Labute approximate surface area is 128 Å². The third kappa shape index (κ3) is 2.80. The first-order chi connectivity index (χ1) is 10.0. The number of thiophene rings is 1. The average Bonchev–Trinajstić information content (AvgIpc) is 2.76. The lowest BCUT2D eigenvalue weighted by molar-refractivity contribution is 0.102. The van der Waals surface area contributed by atoms with Gasteiger partial charge in [0.05, 0.1) is 10.6 Å². The Morgan fingerprint density at radius 1 is 1.33 bits per heavy atom. The van der Waals surface area contributed by atoms with Gasteiger partial charge in [0, 0.05) is 23.7 Å². The predicted octanol–water partition coefficient (Wildman–Crippen LogP) is 2.88. The molecule has 0 saturated heterocycles. The van der Waals surface area contributed by atoms with Crippen molar-refractivity contribution in [2.24, 2.45) is 0 Å². The van der Waals surface area contributed by atoms with Crippen molar-refractivity contribution in [2.45, 2.75) is 19.9 Å². The summed E-state index contributed by atoms with van der Waals surface area (Å²) in [5.74, 6) is -0.0987. The maximum Gasteiger partial charge on any atom is 0.258 e. The van der Waals surface area contributed by atoms with Crippen LogP contribution in [-0.4, -0.2) is 24.4 Å². The molecule has 0 atom stereocenters. The molecule has 1 aromatic carbocycles. The van der Waals surface area contributed by atoms with Gasteiger partial charge >= 0.3 is 0 Å². The SMILES string of the molecule is Cc1ccc(NC(=O)c2c(N)sc3c2CCN(C)C3)cc1. The fraction of sp³-hybridized carbons (Fsp3) is 0.312. The molecular formula is C16H19N3OS. The van der Waals surface area contributed by atoms with E-state index in [4.69, 9.17) is 5.73 Å². The summed E-state index contributed by atoms with van der Waals surface area (Å²) < 4.78 is 0. The fourth-order valence-electron chi connectivity index (χ4n) is 2.63. The number of likely N-dealkylation sites (N-methyl/N-ethyl adjacent to an activating group) is 1.